The number of hydrogen-bond acceptors (Lipinski definition) is 5. The molecule has 0 radical (unpaired) electrons. The van der Waals surface area contributed by atoms with E-state index in [1.165, 1.54) is 18.4 Å². The normalized spacial score (nSPS) is 11.0. The van der Waals surface area contributed by atoms with Crippen LogP contribution < -0.4 is 0 Å². The van der Waals surface area contributed by atoms with E-state index in [1.807, 2.05) is 31.2 Å². The highest BCUT2D eigenvalue weighted by Crippen LogP contribution is 2.36. The molecule has 0 saturated heterocycles. The lowest BCUT2D eigenvalue weighted by Crippen LogP contribution is -2.02. The summed E-state index contributed by atoms with van der Waals surface area (Å²) in [4.78, 5) is 21.2. The van der Waals surface area contributed by atoms with E-state index >= 15 is 0 Å². The van der Waals surface area contributed by atoms with Gasteiger partial charge in [-0.2, -0.15) is 0 Å². The molecule has 0 spiro atoms. The van der Waals surface area contributed by atoms with Crippen LogP contribution >= 0.6 is 27.3 Å². The van der Waals surface area contributed by atoms with Crippen molar-refractivity contribution in [3.05, 3.63) is 45.1 Å². The van der Waals surface area contributed by atoms with Crippen molar-refractivity contribution in [3.63, 3.8) is 0 Å². The predicted octanol–water partition coefficient (Wildman–Crippen LogP) is 4.78. The van der Waals surface area contributed by atoms with E-state index < -0.39 is 0 Å². The minimum absolute atomic E-state index is 0.351. The smallest absolute Gasteiger partial charge is 0.337 e. The summed E-state index contributed by atoms with van der Waals surface area (Å²) >= 11 is 4.93. The van der Waals surface area contributed by atoms with Crippen LogP contribution in [0.2, 0.25) is 0 Å². The van der Waals surface area contributed by atoms with Crippen LogP contribution in [0.25, 0.3) is 21.3 Å². The van der Waals surface area contributed by atoms with Crippen molar-refractivity contribution < 1.29 is 9.53 Å². The van der Waals surface area contributed by atoms with E-state index in [2.05, 4.69) is 32.8 Å². The molecule has 0 N–H and O–H groups in total. The van der Waals surface area contributed by atoms with Gasteiger partial charge in [0.2, 0.25) is 0 Å². The third-order valence-corrected chi connectivity index (χ3v) is 5.08. The Morgan fingerprint density at radius 1 is 1.26 bits per heavy atom. The zero-order chi connectivity index (χ0) is 16.6. The summed E-state index contributed by atoms with van der Waals surface area (Å²) in [7, 11) is 1.39. The van der Waals surface area contributed by atoms with Crippen molar-refractivity contribution in [2.24, 2.45) is 0 Å². The molecule has 0 atom stereocenters. The zero-order valence-corrected chi connectivity index (χ0v) is 15.4. The van der Waals surface area contributed by atoms with E-state index in [-0.39, 0.29) is 5.97 Å². The number of rotatable bonds is 3. The maximum Gasteiger partial charge on any atom is 0.337 e. The van der Waals surface area contributed by atoms with E-state index in [9.17, 15) is 4.79 Å². The average Bonchev–Trinajstić information content (AvgIpc) is 2.93. The second-order valence-electron chi connectivity index (χ2n) is 5.13. The molecule has 0 saturated carbocycles. The SMILES string of the molecule is CCc1nc(C)ccc1-c1cc(C(=O)OC)cc2sc(Br)nc12. The Labute approximate surface area is 146 Å². The summed E-state index contributed by atoms with van der Waals surface area (Å²) in [6.45, 7) is 4.05. The van der Waals surface area contributed by atoms with E-state index in [4.69, 9.17) is 4.74 Å². The molecule has 6 heteroatoms. The van der Waals surface area contributed by atoms with Gasteiger partial charge in [-0.3, -0.25) is 4.98 Å². The van der Waals surface area contributed by atoms with Crippen LogP contribution in [0.15, 0.2) is 28.2 Å². The van der Waals surface area contributed by atoms with Crippen LogP contribution in [-0.2, 0) is 11.2 Å². The number of esters is 1. The van der Waals surface area contributed by atoms with Crippen molar-refractivity contribution in [2.45, 2.75) is 20.3 Å². The Balaban J connectivity index is 2.33. The van der Waals surface area contributed by atoms with E-state index in [0.29, 0.717) is 5.56 Å². The molecule has 1 aromatic carbocycles. The third-order valence-electron chi connectivity index (χ3n) is 3.63. The fourth-order valence-electron chi connectivity index (χ4n) is 2.57. The highest BCUT2D eigenvalue weighted by molar-refractivity contribution is 9.11. The lowest BCUT2D eigenvalue weighted by Gasteiger charge is -2.10. The summed E-state index contributed by atoms with van der Waals surface area (Å²) < 4.78 is 6.60. The van der Waals surface area contributed by atoms with Gasteiger partial charge in [-0.05, 0) is 47.5 Å². The number of aryl methyl sites for hydroxylation is 2. The number of carbonyl (C=O) groups excluding carboxylic acids is 1. The van der Waals surface area contributed by atoms with Gasteiger partial charge in [-0.15, -0.1) is 11.3 Å². The number of methoxy groups -OCH3 is 1. The molecule has 0 aliphatic carbocycles. The quantitative estimate of drug-likeness (QED) is 0.603. The Morgan fingerprint density at radius 3 is 2.74 bits per heavy atom. The number of carbonyl (C=O) groups is 1. The van der Waals surface area contributed by atoms with E-state index in [1.54, 1.807) is 0 Å². The van der Waals surface area contributed by atoms with Crippen LogP contribution in [0.3, 0.4) is 0 Å². The topological polar surface area (TPSA) is 52.1 Å². The molecule has 0 bridgehead atoms. The standard InChI is InChI=1S/C17H15BrN2O2S/c1-4-13-11(6-5-9(2)19-13)12-7-10(16(21)22-3)8-14-15(12)20-17(18)23-14/h5-8H,4H2,1-3H3. The van der Waals surface area contributed by atoms with Crippen molar-refractivity contribution in [2.75, 3.05) is 7.11 Å². The lowest BCUT2D eigenvalue weighted by atomic mass is 9.99. The molecular formula is C17H15BrN2O2S. The number of fused-ring (bicyclic) bond motifs is 1. The Hall–Kier alpha value is -1.79. The molecule has 0 aliphatic heterocycles. The summed E-state index contributed by atoms with van der Waals surface area (Å²) in [5.41, 5.74) is 5.28. The first kappa shape index (κ1) is 16.1. The van der Waals surface area contributed by atoms with Gasteiger partial charge in [0, 0.05) is 22.5 Å². The molecule has 4 nitrogen and oxygen atoms in total. The molecule has 0 fully saturated rings. The zero-order valence-electron chi connectivity index (χ0n) is 13.0. The number of hydrogen-bond donors (Lipinski definition) is 0. The molecule has 23 heavy (non-hydrogen) atoms. The van der Waals surface area contributed by atoms with Gasteiger partial charge >= 0.3 is 5.97 Å². The van der Waals surface area contributed by atoms with Gasteiger partial charge in [-0.1, -0.05) is 13.0 Å². The van der Waals surface area contributed by atoms with Crippen LogP contribution in [0, 0.1) is 6.92 Å². The summed E-state index contributed by atoms with van der Waals surface area (Å²) in [6, 6.07) is 7.68. The van der Waals surface area contributed by atoms with Gasteiger partial charge < -0.3 is 4.74 Å². The first-order valence-electron chi connectivity index (χ1n) is 7.18. The Bertz CT molecular complexity index is 905. The number of pyridine rings is 1. The molecule has 118 valence electrons. The van der Waals surface area contributed by atoms with Crippen LogP contribution in [0.4, 0.5) is 0 Å². The first-order chi connectivity index (χ1) is 11.0. The minimum Gasteiger partial charge on any atom is -0.465 e. The van der Waals surface area contributed by atoms with Gasteiger partial charge in [0.05, 0.1) is 22.9 Å². The number of aromatic nitrogens is 2. The number of benzene rings is 1. The predicted molar refractivity (Wildman–Crippen MR) is 96.0 cm³/mol. The maximum absolute atomic E-state index is 12.0. The fourth-order valence-corrected chi connectivity index (χ4v) is 4.03. The van der Waals surface area contributed by atoms with E-state index in [0.717, 1.165) is 43.1 Å². The van der Waals surface area contributed by atoms with Gasteiger partial charge in [0.25, 0.3) is 0 Å². The summed E-state index contributed by atoms with van der Waals surface area (Å²) in [5, 5.41) is 0. The Morgan fingerprint density at radius 2 is 2.04 bits per heavy atom. The van der Waals surface area contributed by atoms with Gasteiger partial charge in [-0.25, -0.2) is 9.78 Å². The van der Waals surface area contributed by atoms with Crippen molar-refractivity contribution in [3.8, 4) is 11.1 Å². The monoisotopic (exact) mass is 390 g/mol. The second-order valence-corrected chi connectivity index (χ2v) is 7.44. The number of ether oxygens (including phenoxy) is 1. The van der Waals surface area contributed by atoms with Gasteiger partial charge in [0.15, 0.2) is 3.92 Å². The van der Waals surface area contributed by atoms with Crippen molar-refractivity contribution >= 4 is 43.5 Å². The first-order valence-corrected chi connectivity index (χ1v) is 8.79. The highest BCUT2D eigenvalue weighted by Gasteiger charge is 2.17. The van der Waals surface area contributed by atoms with Crippen LogP contribution in [0.1, 0.15) is 28.7 Å². The van der Waals surface area contributed by atoms with Crippen LogP contribution in [-0.4, -0.2) is 23.0 Å². The molecular weight excluding hydrogens is 376 g/mol. The molecule has 0 amide bonds. The maximum atomic E-state index is 12.0. The molecule has 2 aromatic heterocycles. The Kier molecular flexibility index (Phi) is 4.46. The molecule has 0 unspecified atom stereocenters. The van der Waals surface area contributed by atoms with Crippen LogP contribution in [0.5, 0.6) is 0 Å². The second kappa shape index (κ2) is 6.37. The summed E-state index contributed by atoms with van der Waals surface area (Å²) in [5.74, 6) is -0.351. The number of thiazole rings is 1. The molecule has 0 aliphatic rings. The minimum atomic E-state index is -0.351. The van der Waals surface area contributed by atoms with Gasteiger partial charge in [0.1, 0.15) is 0 Å². The molecule has 3 aromatic rings. The largest absolute Gasteiger partial charge is 0.465 e. The molecule has 3 rings (SSSR count). The molecule has 2 heterocycles. The lowest BCUT2D eigenvalue weighted by molar-refractivity contribution is 0.0601. The summed E-state index contributed by atoms with van der Waals surface area (Å²) in [6.07, 6.45) is 0.812. The number of nitrogens with zero attached hydrogens (tertiary/aromatic N) is 2. The van der Waals surface area contributed by atoms with Crippen molar-refractivity contribution in [1.29, 1.82) is 0 Å². The fraction of sp³-hybridized carbons (Fsp3) is 0.235. The van der Waals surface area contributed by atoms with Crippen molar-refractivity contribution in [1.82, 2.24) is 9.97 Å². The third kappa shape index (κ3) is 3.01. The highest BCUT2D eigenvalue weighted by atomic mass is 79.9. The average molecular weight is 391 g/mol. The number of halogens is 1.